The van der Waals surface area contributed by atoms with E-state index in [2.05, 4.69) is 6.92 Å². The van der Waals surface area contributed by atoms with Gasteiger partial charge in [0.05, 0.1) is 19.3 Å². The van der Waals surface area contributed by atoms with Crippen molar-refractivity contribution in [1.82, 2.24) is 4.90 Å². The predicted octanol–water partition coefficient (Wildman–Crippen LogP) is 1.20. The zero-order valence-electron chi connectivity index (χ0n) is 8.32. The molecule has 0 spiro atoms. The first-order valence-corrected chi connectivity index (χ1v) is 4.80. The Labute approximate surface area is 79.4 Å². The zero-order chi connectivity index (χ0) is 9.68. The molecule has 1 atom stereocenters. The Bertz CT molecular complexity index is 201. The van der Waals surface area contributed by atoms with Gasteiger partial charge in [-0.3, -0.25) is 4.79 Å². The third kappa shape index (κ3) is 2.56. The van der Waals surface area contributed by atoms with Gasteiger partial charge in [-0.15, -0.1) is 0 Å². The summed E-state index contributed by atoms with van der Waals surface area (Å²) in [5.41, 5.74) is 0. The maximum absolute atomic E-state index is 11.6. The standard InChI is InChI=1S/C10H17NO2/c1-3-5-10(12)11-6-7-13-8-9(11)4-2/h3,5,9H,4,6-8H2,1-2H3. The second-order valence-corrected chi connectivity index (χ2v) is 3.17. The molecule has 3 heteroatoms. The minimum atomic E-state index is 0.109. The minimum absolute atomic E-state index is 0.109. The molecular formula is C10H17NO2. The highest BCUT2D eigenvalue weighted by molar-refractivity contribution is 5.87. The van der Waals surface area contributed by atoms with Gasteiger partial charge in [0.1, 0.15) is 0 Å². The molecule has 0 radical (unpaired) electrons. The summed E-state index contributed by atoms with van der Waals surface area (Å²) in [4.78, 5) is 13.4. The van der Waals surface area contributed by atoms with Gasteiger partial charge in [-0.25, -0.2) is 0 Å². The van der Waals surface area contributed by atoms with Crippen molar-refractivity contribution < 1.29 is 9.53 Å². The lowest BCUT2D eigenvalue weighted by molar-refractivity contribution is -0.134. The van der Waals surface area contributed by atoms with Gasteiger partial charge in [0, 0.05) is 6.54 Å². The number of amides is 1. The summed E-state index contributed by atoms with van der Waals surface area (Å²) in [6.07, 6.45) is 4.36. The van der Waals surface area contributed by atoms with E-state index in [4.69, 9.17) is 4.74 Å². The predicted molar refractivity (Wildman–Crippen MR) is 51.4 cm³/mol. The third-order valence-electron chi connectivity index (χ3n) is 2.29. The highest BCUT2D eigenvalue weighted by Gasteiger charge is 2.23. The normalized spacial score (nSPS) is 23.8. The fourth-order valence-electron chi connectivity index (χ4n) is 1.52. The first kappa shape index (κ1) is 10.3. The van der Waals surface area contributed by atoms with Gasteiger partial charge in [-0.05, 0) is 19.4 Å². The molecule has 1 heterocycles. The Balaban J connectivity index is 2.58. The van der Waals surface area contributed by atoms with E-state index in [1.807, 2.05) is 11.8 Å². The Morgan fingerprint density at radius 1 is 1.69 bits per heavy atom. The number of hydrogen-bond donors (Lipinski definition) is 0. The highest BCUT2D eigenvalue weighted by atomic mass is 16.5. The van der Waals surface area contributed by atoms with Crippen molar-refractivity contribution in [2.75, 3.05) is 19.8 Å². The molecule has 0 N–H and O–H groups in total. The first-order chi connectivity index (χ1) is 6.29. The number of ether oxygens (including phenoxy) is 1. The average Bonchev–Trinajstić information content (AvgIpc) is 2.18. The molecule has 0 bridgehead atoms. The quantitative estimate of drug-likeness (QED) is 0.602. The van der Waals surface area contributed by atoms with Crippen LogP contribution in [0.4, 0.5) is 0 Å². The van der Waals surface area contributed by atoms with Crippen LogP contribution in [0.2, 0.25) is 0 Å². The van der Waals surface area contributed by atoms with Crippen LogP contribution in [0, 0.1) is 0 Å². The molecule has 3 nitrogen and oxygen atoms in total. The molecule has 1 saturated heterocycles. The van der Waals surface area contributed by atoms with Gasteiger partial charge in [0.25, 0.3) is 0 Å². The van der Waals surface area contributed by atoms with Crippen LogP contribution in [0.3, 0.4) is 0 Å². The van der Waals surface area contributed by atoms with Crippen LogP contribution < -0.4 is 0 Å². The molecular weight excluding hydrogens is 166 g/mol. The molecule has 0 aromatic heterocycles. The van der Waals surface area contributed by atoms with Crippen molar-refractivity contribution >= 4 is 5.91 Å². The summed E-state index contributed by atoms with van der Waals surface area (Å²) in [5.74, 6) is 0.109. The van der Waals surface area contributed by atoms with Crippen LogP contribution >= 0.6 is 0 Å². The van der Waals surface area contributed by atoms with Crippen molar-refractivity contribution in [1.29, 1.82) is 0 Å². The van der Waals surface area contributed by atoms with Crippen molar-refractivity contribution in [3.63, 3.8) is 0 Å². The van der Waals surface area contributed by atoms with Gasteiger partial charge in [-0.2, -0.15) is 0 Å². The van der Waals surface area contributed by atoms with E-state index >= 15 is 0 Å². The zero-order valence-corrected chi connectivity index (χ0v) is 8.32. The first-order valence-electron chi connectivity index (χ1n) is 4.80. The number of rotatable bonds is 2. The van der Waals surface area contributed by atoms with Crippen LogP contribution in [0.1, 0.15) is 20.3 Å². The van der Waals surface area contributed by atoms with Crippen molar-refractivity contribution in [3.8, 4) is 0 Å². The molecule has 1 aliphatic rings. The van der Waals surface area contributed by atoms with Crippen LogP contribution in [0.15, 0.2) is 12.2 Å². The number of allylic oxidation sites excluding steroid dienone is 1. The van der Waals surface area contributed by atoms with E-state index in [-0.39, 0.29) is 11.9 Å². The second-order valence-electron chi connectivity index (χ2n) is 3.17. The molecule has 0 aliphatic carbocycles. The molecule has 0 aromatic carbocycles. The van der Waals surface area contributed by atoms with Crippen molar-refractivity contribution in [3.05, 3.63) is 12.2 Å². The molecule has 0 aromatic rings. The van der Waals surface area contributed by atoms with Gasteiger partial charge >= 0.3 is 0 Å². The molecule has 1 unspecified atom stereocenters. The van der Waals surface area contributed by atoms with Crippen molar-refractivity contribution in [2.45, 2.75) is 26.3 Å². The fraction of sp³-hybridized carbons (Fsp3) is 0.700. The Morgan fingerprint density at radius 3 is 3.08 bits per heavy atom. The SMILES string of the molecule is CC=CC(=O)N1CCOCC1CC. The average molecular weight is 183 g/mol. The molecule has 1 rings (SSSR count). The maximum Gasteiger partial charge on any atom is 0.246 e. The summed E-state index contributed by atoms with van der Waals surface area (Å²) in [6.45, 7) is 6.01. The van der Waals surface area contributed by atoms with Crippen LogP contribution in [-0.4, -0.2) is 36.6 Å². The molecule has 13 heavy (non-hydrogen) atoms. The molecule has 1 fully saturated rings. The third-order valence-corrected chi connectivity index (χ3v) is 2.29. The topological polar surface area (TPSA) is 29.5 Å². The van der Waals surface area contributed by atoms with Gasteiger partial charge in [0.15, 0.2) is 0 Å². The van der Waals surface area contributed by atoms with E-state index in [1.54, 1.807) is 12.2 Å². The smallest absolute Gasteiger partial charge is 0.246 e. The lowest BCUT2D eigenvalue weighted by Gasteiger charge is -2.34. The number of carbonyl (C=O) groups excluding carboxylic acids is 1. The summed E-state index contributed by atoms with van der Waals surface area (Å²) in [5, 5.41) is 0. The monoisotopic (exact) mass is 183 g/mol. The minimum Gasteiger partial charge on any atom is -0.377 e. The summed E-state index contributed by atoms with van der Waals surface area (Å²) in [7, 11) is 0. The highest BCUT2D eigenvalue weighted by Crippen LogP contribution is 2.10. The lowest BCUT2D eigenvalue weighted by Crippen LogP contribution is -2.47. The Hall–Kier alpha value is -0.830. The van der Waals surface area contributed by atoms with E-state index in [9.17, 15) is 4.79 Å². The number of nitrogens with zero attached hydrogens (tertiary/aromatic N) is 1. The van der Waals surface area contributed by atoms with E-state index in [0.717, 1.165) is 13.0 Å². The molecule has 74 valence electrons. The largest absolute Gasteiger partial charge is 0.377 e. The van der Waals surface area contributed by atoms with Crippen molar-refractivity contribution in [2.24, 2.45) is 0 Å². The number of carbonyl (C=O) groups is 1. The molecule has 0 saturated carbocycles. The maximum atomic E-state index is 11.6. The molecule has 1 aliphatic heterocycles. The molecule has 1 amide bonds. The second kappa shape index (κ2) is 5.02. The van der Waals surface area contributed by atoms with Gasteiger partial charge < -0.3 is 9.64 Å². The summed E-state index contributed by atoms with van der Waals surface area (Å²) < 4.78 is 5.31. The van der Waals surface area contributed by atoms with E-state index in [1.165, 1.54) is 0 Å². The summed E-state index contributed by atoms with van der Waals surface area (Å²) in [6, 6.07) is 0.262. The van der Waals surface area contributed by atoms with Gasteiger partial charge in [-0.1, -0.05) is 13.0 Å². The van der Waals surface area contributed by atoms with Crippen LogP contribution in [0.25, 0.3) is 0 Å². The van der Waals surface area contributed by atoms with Crippen LogP contribution in [0.5, 0.6) is 0 Å². The van der Waals surface area contributed by atoms with Gasteiger partial charge in [0.2, 0.25) is 5.91 Å². The fourth-order valence-corrected chi connectivity index (χ4v) is 1.52. The Kier molecular flexibility index (Phi) is 3.96. The lowest BCUT2D eigenvalue weighted by atomic mass is 10.1. The number of hydrogen-bond acceptors (Lipinski definition) is 2. The van der Waals surface area contributed by atoms with E-state index in [0.29, 0.717) is 13.2 Å². The Morgan fingerprint density at radius 2 is 2.46 bits per heavy atom. The van der Waals surface area contributed by atoms with E-state index < -0.39 is 0 Å². The number of morpholine rings is 1. The summed E-state index contributed by atoms with van der Waals surface area (Å²) >= 11 is 0. The van der Waals surface area contributed by atoms with Crippen LogP contribution in [-0.2, 0) is 9.53 Å².